The monoisotopic (exact) mass is 468 g/mol. The molecule has 1 atom stereocenters. The standard InChI is InChI=1S/C16H32N6O6S2/c1-3-4-5-6-7-8-17-13(2)14-20-15(18-9-11-29(23,24)25)22-16(21-14)19-10-12-30(26,27)28/h13,17H,3-12H2,1-2H3,(H,23,24,25)(H,26,27,28)(H2,18,19,20,21,22). The molecule has 0 radical (unpaired) electrons. The van der Waals surface area contributed by atoms with Crippen molar-refractivity contribution in [2.75, 3.05) is 41.8 Å². The van der Waals surface area contributed by atoms with Crippen LogP contribution in [0.25, 0.3) is 0 Å². The summed E-state index contributed by atoms with van der Waals surface area (Å²) < 4.78 is 61.2. The largest absolute Gasteiger partial charge is 0.353 e. The highest BCUT2D eigenvalue weighted by molar-refractivity contribution is 7.86. The lowest BCUT2D eigenvalue weighted by Crippen LogP contribution is -2.24. The summed E-state index contributed by atoms with van der Waals surface area (Å²) in [6, 6.07) is -0.233. The van der Waals surface area contributed by atoms with Crippen molar-refractivity contribution in [2.45, 2.75) is 52.0 Å². The van der Waals surface area contributed by atoms with E-state index in [2.05, 4.69) is 37.8 Å². The fraction of sp³-hybridized carbons (Fsp3) is 0.812. The molecule has 30 heavy (non-hydrogen) atoms. The predicted molar refractivity (Wildman–Crippen MR) is 115 cm³/mol. The van der Waals surface area contributed by atoms with E-state index in [1.165, 1.54) is 19.3 Å². The smallest absolute Gasteiger partial charge is 0.266 e. The molecule has 5 N–H and O–H groups in total. The number of hydrogen-bond acceptors (Lipinski definition) is 10. The summed E-state index contributed by atoms with van der Waals surface area (Å²) in [5.41, 5.74) is 0. The molecule has 174 valence electrons. The molecular formula is C16H32N6O6S2. The van der Waals surface area contributed by atoms with Crippen molar-refractivity contribution in [1.82, 2.24) is 20.3 Å². The van der Waals surface area contributed by atoms with E-state index in [1.807, 2.05) is 6.92 Å². The first-order valence-corrected chi connectivity index (χ1v) is 13.1. The SMILES string of the molecule is CCCCCCCNC(C)c1nc(NCCS(=O)(=O)O)nc(NCCS(=O)(=O)O)n1. The number of nitrogens with one attached hydrogen (secondary N) is 3. The molecule has 1 heterocycles. The zero-order chi connectivity index (χ0) is 22.6. The average molecular weight is 469 g/mol. The summed E-state index contributed by atoms with van der Waals surface area (Å²) in [7, 11) is -8.28. The van der Waals surface area contributed by atoms with Crippen LogP contribution in [0.4, 0.5) is 11.9 Å². The van der Waals surface area contributed by atoms with Gasteiger partial charge in [-0.05, 0) is 19.9 Å². The zero-order valence-electron chi connectivity index (χ0n) is 17.3. The van der Waals surface area contributed by atoms with Gasteiger partial charge in [-0.3, -0.25) is 9.11 Å². The molecule has 0 fully saturated rings. The van der Waals surface area contributed by atoms with Crippen molar-refractivity contribution >= 4 is 32.1 Å². The van der Waals surface area contributed by atoms with E-state index in [9.17, 15) is 16.8 Å². The number of anilines is 2. The highest BCUT2D eigenvalue weighted by Crippen LogP contribution is 2.13. The van der Waals surface area contributed by atoms with Crippen molar-refractivity contribution in [3.8, 4) is 0 Å². The van der Waals surface area contributed by atoms with E-state index in [0.717, 1.165) is 19.4 Å². The number of nitrogens with zero attached hydrogens (tertiary/aromatic N) is 3. The van der Waals surface area contributed by atoms with Crippen LogP contribution in [0, 0.1) is 0 Å². The molecule has 1 rings (SSSR count). The van der Waals surface area contributed by atoms with Crippen LogP contribution >= 0.6 is 0 Å². The topological polar surface area (TPSA) is 184 Å². The minimum absolute atomic E-state index is 0.0783. The lowest BCUT2D eigenvalue weighted by Gasteiger charge is -2.15. The minimum Gasteiger partial charge on any atom is -0.353 e. The van der Waals surface area contributed by atoms with E-state index in [4.69, 9.17) is 9.11 Å². The third kappa shape index (κ3) is 12.8. The Labute approximate surface area is 178 Å². The van der Waals surface area contributed by atoms with Crippen LogP contribution < -0.4 is 16.0 Å². The van der Waals surface area contributed by atoms with Gasteiger partial charge in [0.25, 0.3) is 20.2 Å². The summed E-state index contributed by atoms with van der Waals surface area (Å²) in [6.07, 6.45) is 5.70. The second kappa shape index (κ2) is 12.9. The van der Waals surface area contributed by atoms with Gasteiger partial charge in [-0.2, -0.15) is 31.8 Å². The molecule has 0 bridgehead atoms. The quantitative estimate of drug-likeness (QED) is 0.172. The molecule has 0 saturated carbocycles. The molecular weight excluding hydrogens is 436 g/mol. The van der Waals surface area contributed by atoms with Crippen LogP contribution in [0.5, 0.6) is 0 Å². The van der Waals surface area contributed by atoms with Gasteiger partial charge in [0.1, 0.15) is 0 Å². The molecule has 1 aromatic rings. The Balaban J connectivity index is 2.77. The van der Waals surface area contributed by atoms with Gasteiger partial charge in [-0.1, -0.05) is 32.6 Å². The normalized spacial score (nSPS) is 13.2. The van der Waals surface area contributed by atoms with Gasteiger partial charge in [0.2, 0.25) is 11.9 Å². The fourth-order valence-electron chi connectivity index (χ4n) is 2.47. The van der Waals surface area contributed by atoms with E-state index >= 15 is 0 Å². The molecule has 0 aromatic carbocycles. The number of unbranched alkanes of at least 4 members (excludes halogenated alkanes) is 4. The second-order valence-corrected chi connectivity index (χ2v) is 10.0. The molecule has 0 amide bonds. The first kappa shape index (κ1) is 26.4. The molecule has 0 aliphatic rings. The third-order valence-electron chi connectivity index (χ3n) is 4.06. The minimum atomic E-state index is -4.14. The maximum Gasteiger partial charge on any atom is 0.266 e. The summed E-state index contributed by atoms with van der Waals surface area (Å²) >= 11 is 0. The van der Waals surface area contributed by atoms with Crippen LogP contribution in [-0.2, 0) is 20.2 Å². The highest BCUT2D eigenvalue weighted by atomic mass is 32.2. The Kier molecular flexibility index (Phi) is 11.4. The van der Waals surface area contributed by atoms with Crippen LogP contribution in [0.3, 0.4) is 0 Å². The van der Waals surface area contributed by atoms with Gasteiger partial charge in [0.15, 0.2) is 5.82 Å². The first-order valence-electron chi connectivity index (χ1n) is 9.87. The van der Waals surface area contributed by atoms with Crippen LogP contribution in [0.1, 0.15) is 57.8 Å². The molecule has 1 aromatic heterocycles. The Morgan fingerprint density at radius 2 is 1.30 bits per heavy atom. The van der Waals surface area contributed by atoms with Gasteiger partial charge in [0.05, 0.1) is 17.5 Å². The molecule has 0 aliphatic heterocycles. The van der Waals surface area contributed by atoms with Crippen molar-refractivity contribution in [1.29, 1.82) is 0 Å². The van der Waals surface area contributed by atoms with Gasteiger partial charge in [0, 0.05) is 13.1 Å². The van der Waals surface area contributed by atoms with E-state index in [0.29, 0.717) is 5.82 Å². The van der Waals surface area contributed by atoms with Gasteiger partial charge in [-0.15, -0.1) is 0 Å². The van der Waals surface area contributed by atoms with Gasteiger partial charge < -0.3 is 16.0 Å². The molecule has 0 aliphatic carbocycles. The molecule has 1 unspecified atom stereocenters. The van der Waals surface area contributed by atoms with Crippen molar-refractivity contribution in [2.24, 2.45) is 0 Å². The maximum atomic E-state index is 10.9. The lowest BCUT2D eigenvalue weighted by atomic mass is 10.1. The predicted octanol–water partition coefficient (Wildman–Crippen LogP) is 1.09. The Morgan fingerprint density at radius 1 is 0.800 bits per heavy atom. The number of hydrogen-bond donors (Lipinski definition) is 5. The van der Waals surface area contributed by atoms with Crippen molar-refractivity contribution in [3.05, 3.63) is 5.82 Å². The van der Waals surface area contributed by atoms with E-state index in [-0.39, 0.29) is 31.0 Å². The summed E-state index contributed by atoms with van der Waals surface area (Å²) in [6.45, 7) is 4.56. The number of rotatable bonds is 16. The van der Waals surface area contributed by atoms with Gasteiger partial charge in [-0.25, -0.2) is 0 Å². The summed E-state index contributed by atoms with van der Waals surface area (Å²) in [5.74, 6) is -0.512. The summed E-state index contributed by atoms with van der Waals surface area (Å²) in [5, 5.41) is 8.71. The molecule has 14 heteroatoms. The Hall–Kier alpha value is -1.61. The van der Waals surface area contributed by atoms with Gasteiger partial charge >= 0.3 is 0 Å². The maximum absolute atomic E-state index is 10.9. The van der Waals surface area contributed by atoms with Crippen molar-refractivity contribution < 1.29 is 25.9 Å². The van der Waals surface area contributed by atoms with Crippen LogP contribution in [0.15, 0.2) is 0 Å². The summed E-state index contributed by atoms with van der Waals surface area (Å²) in [4.78, 5) is 12.6. The van der Waals surface area contributed by atoms with Crippen LogP contribution in [0.2, 0.25) is 0 Å². The van der Waals surface area contributed by atoms with E-state index < -0.39 is 31.7 Å². The Morgan fingerprint density at radius 3 is 1.77 bits per heavy atom. The highest BCUT2D eigenvalue weighted by Gasteiger charge is 2.14. The lowest BCUT2D eigenvalue weighted by molar-refractivity contribution is 0.481. The number of aromatic nitrogens is 3. The molecule has 0 saturated heterocycles. The Bertz CT molecular complexity index is 794. The van der Waals surface area contributed by atoms with Crippen molar-refractivity contribution in [3.63, 3.8) is 0 Å². The van der Waals surface area contributed by atoms with Crippen LogP contribution in [-0.4, -0.2) is 72.0 Å². The van der Waals surface area contributed by atoms with E-state index in [1.54, 1.807) is 0 Å². The fourth-order valence-corrected chi connectivity index (χ4v) is 3.19. The third-order valence-corrected chi connectivity index (χ3v) is 5.50. The zero-order valence-corrected chi connectivity index (χ0v) is 19.0. The second-order valence-electron chi connectivity index (χ2n) is 6.86. The first-order chi connectivity index (χ1) is 14.0. The molecule has 12 nitrogen and oxygen atoms in total. The average Bonchev–Trinajstić information content (AvgIpc) is 2.62. The molecule has 0 spiro atoms.